The van der Waals surface area contributed by atoms with Gasteiger partial charge in [0.2, 0.25) is 5.82 Å². The zero-order valence-corrected chi connectivity index (χ0v) is 10.7. The number of rotatable bonds is 6. The van der Waals surface area contributed by atoms with Crippen LogP contribution in [0.15, 0.2) is 12.1 Å². The van der Waals surface area contributed by atoms with E-state index in [9.17, 15) is 19.4 Å². The third kappa shape index (κ3) is 4.40. The summed E-state index contributed by atoms with van der Waals surface area (Å²) in [5.41, 5.74) is 6.00. The Labute approximate surface area is 110 Å². The Hall–Kier alpha value is -1.82. The van der Waals surface area contributed by atoms with E-state index in [1.54, 1.807) is 0 Å². The van der Waals surface area contributed by atoms with Crippen LogP contribution < -0.4 is 5.73 Å². The number of halogens is 1. The van der Waals surface area contributed by atoms with Gasteiger partial charge in [0.1, 0.15) is 6.04 Å². The lowest BCUT2D eigenvalue weighted by atomic mass is 10.1. The van der Waals surface area contributed by atoms with E-state index in [0.717, 1.165) is 25.0 Å². The number of hydrogen-bond acceptors (Lipinski definition) is 5. The molecule has 0 heterocycles. The van der Waals surface area contributed by atoms with Gasteiger partial charge in [0, 0.05) is 0 Å². The molecule has 1 rings (SSSR count). The van der Waals surface area contributed by atoms with E-state index in [1.807, 2.05) is 6.92 Å². The molecule has 0 aliphatic carbocycles. The van der Waals surface area contributed by atoms with Gasteiger partial charge in [0.05, 0.1) is 6.61 Å². The fourth-order valence-electron chi connectivity index (χ4n) is 1.53. The van der Waals surface area contributed by atoms with Crippen molar-refractivity contribution in [1.29, 1.82) is 0 Å². The first-order valence-corrected chi connectivity index (χ1v) is 6.08. The van der Waals surface area contributed by atoms with E-state index in [1.165, 1.54) is 0 Å². The molecular formula is C13H18FNO4. The number of benzene rings is 1. The average molecular weight is 271 g/mol. The molecule has 0 aliphatic heterocycles. The molecule has 106 valence electrons. The maximum Gasteiger partial charge on any atom is 0.323 e. The van der Waals surface area contributed by atoms with E-state index < -0.39 is 29.3 Å². The second kappa shape index (κ2) is 6.94. The number of carbonyl (C=O) groups excluding carboxylic acids is 1. The molecule has 0 saturated heterocycles. The number of phenolic OH excluding ortho intramolecular Hbond substituents is 2. The second-order valence-electron chi connectivity index (χ2n) is 4.28. The van der Waals surface area contributed by atoms with Crippen LogP contribution in [0.2, 0.25) is 0 Å². The van der Waals surface area contributed by atoms with Gasteiger partial charge in [-0.25, -0.2) is 0 Å². The Morgan fingerprint density at radius 3 is 2.53 bits per heavy atom. The highest BCUT2D eigenvalue weighted by atomic mass is 19.1. The average Bonchev–Trinajstić information content (AvgIpc) is 2.36. The summed E-state index contributed by atoms with van der Waals surface area (Å²) in [7, 11) is 0. The summed E-state index contributed by atoms with van der Waals surface area (Å²) in [6, 6.07) is 1.32. The van der Waals surface area contributed by atoms with Crippen LogP contribution >= 0.6 is 0 Å². The molecule has 19 heavy (non-hydrogen) atoms. The molecule has 1 aromatic carbocycles. The molecule has 0 aliphatic rings. The highest BCUT2D eigenvalue weighted by Crippen LogP contribution is 2.27. The minimum absolute atomic E-state index is 0.0480. The SMILES string of the molecule is CCCCOC(=O)[C@@H](N)Cc1cc(O)c(F)c(O)c1. The van der Waals surface area contributed by atoms with Gasteiger partial charge in [-0.05, 0) is 30.5 Å². The lowest BCUT2D eigenvalue weighted by Gasteiger charge is -2.12. The Morgan fingerprint density at radius 2 is 2.00 bits per heavy atom. The van der Waals surface area contributed by atoms with Gasteiger partial charge in [0.15, 0.2) is 11.5 Å². The highest BCUT2D eigenvalue weighted by molar-refractivity contribution is 5.75. The number of hydrogen-bond donors (Lipinski definition) is 3. The molecule has 0 saturated carbocycles. The molecule has 0 spiro atoms. The first-order valence-electron chi connectivity index (χ1n) is 6.08. The van der Waals surface area contributed by atoms with E-state index in [2.05, 4.69) is 0 Å². The molecule has 1 aromatic rings. The second-order valence-corrected chi connectivity index (χ2v) is 4.28. The van der Waals surface area contributed by atoms with Crippen molar-refractivity contribution in [3.63, 3.8) is 0 Å². The molecule has 0 unspecified atom stereocenters. The maximum absolute atomic E-state index is 13.0. The number of phenols is 2. The third-order valence-corrected chi connectivity index (χ3v) is 2.59. The van der Waals surface area contributed by atoms with E-state index in [0.29, 0.717) is 12.2 Å². The molecule has 6 heteroatoms. The van der Waals surface area contributed by atoms with Crippen molar-refractivity contribution >= 4 is 5.97 Å². The van der Waals surface area contributed by atoms with Crippen molar-refractivity contribution < 1.29 is 24.1 Å². The van der Waals surface area contributed by atoms with E-state index >= 15 is 0 Å². The molecule has 4 N–H and O–H groups in total. The summed E-state index contributed by atoms with van der Waals surface area (Å²) in [6.45, 7) is 2.28. The Kier molecular flexibility index (Phi) is 5.57. The van der Waals surface area contributed by atoms with Crippen LogP contribution in [0.1, 0.15) is 25.3 Å². The number of unbranched alkanes of at least 4 members (excludes halogenated alkanes) is 1. The minimum atomic E-state index is -1.09. The van der Waals surface area contributed by atoms with Crippen molar-refractivity contribution in [3.8, 4) is 11.5 Å². The van der Waals surface area contributed by atoms with Crippen LogP contribution in [0.3, 0.4) is 0 Å². The zero-order chi connectivity index (χ0) is 14.4. The fraction of sp³-hybridized carbons (Fsp3) is 0.462. The lowest BCUT2D eigenvalue weighted by molar-refractivity contribution is -0.145. The minimum Gasteiger partial charge on any atom is -0.505 e. The predicted molar refractivity (Wildman–Crippen MR) is 67.3 cm³/mol. The van der Waals surface area contributed by atoms with Gasteiger partial charge in [-0.15, -0.1) is 0 Å². The highest BCUT2D eigenvalue weighted by Gasteiger charge is 2.17. The van der Waals surface area contributed by atoms with Crippen LogP contribution in [0.5, 0.6) is 11.5 Å². The van der Waals surface area contributed by atoms with Gasteiger partial charge in [-0.1, -0.05) is 13.3 Å². The first kappa shape index (κ1) is 15.2. The molecule has 0 radical (unpaired) electrons. The Morgan fingerprint density at radius 1 is 1.42 bits per heavy atom. The van der Waals surface area contributed by atoms with Crippen LogP contribution in [-0.4, -0.2) is 28.8 Å². The van der Waals surface area contributed by atoms with Crippen LogP contribution in [-0.2, 0) is 16.0 Å². The summed E-state index contributed by atoms with van der Waals surface area (Å²) in [4.78, 5) is 11.5. The summed E-state index contributed by atoms with van der Waals surface area (Å²) in [6.07, 6.45) is 1.71. The van der Waals surface area contributed by atoms with Crippen LogP contribution in [0, 0.1) is 5.82 Å². The van der Waals surface area contributed by atoms with Crippen LogP contribution in [0.4, 0.5) is 4.39 Å². The summed E-state index contributed by atoms with van der Waals surface area (Å²) < 4.78 is 17.9. The summed E-state index contributed by atoms with van der Waals surface area (Å²) in [5, 5.41) is 18.4. The van der Waals surface area contributed by atoms with Gasteiger partial charge < -0.3 is 20.7 Å². The molecular weight excluding hydrogens is 253 g/mol. The quantitative estimate of drug-likeness (QED) is 0.538. The smallest absolute Gasteiger partial charge is 0.323 e. The molecule has 0 amide bonds. The molecule has 0 fully saturated rings. The summed E-state index contributed by atoms with van der Waals surface area (Å²) >= 11 is 0. The number of nitrogens with two attached hydrogens (primary N) is 1. The topological polar surface area (TPSA) is 92.8 Å². The van der Waals surface area contributed by atoms with Crippen LogP contribution in [0.25, 0.3) is 0 Å². The normalized spacial score (nSPS) is 12.2. The molecule has 0 aromatic heterocycles. The Balaban J connectivity index is 2.61. The van der Waals surface area contributed by atoms with E-state index in [4.69, 9.17) is 10.5 Å². The first-order chi connectivity index (χ1) is 8.95. The molecule has 5 nitrogen and oxygen atoms in total. The fourth-order valence-corrected chi connectivity index (χ4v) is 1.53. The largest absolute Gasteiger partial charge is 0.505 e. The predicted octanol–water partition coefficient (Wildman–Crippen LogP) is 1.45. The van der Waals surface area contributed by atoms with Crippen molar-refractivity contribution in [3.05, 3.63) is 23.5 Å². The summed E-state index contributed by atoms with van der Waals surface area (Å²) in [5.74, 6) is -3.01. The van der Waals surface area contributed by atoms with Crippen molar-refractivity contribution in [2.45, 2.75) is 32.2 Å². The van der Waals surface area contributed by atoms with Gasteiger partial charge >= 0.3 is 5.97 Å². The number of aromatic hydroxyl groups is 2. The maximum atomic E-state index is 13.0. The number of ether oxygens (including phenoxy) is 1. The monoisotopic (exact) mass is 271 g/mol. The van der Waals surface area contributed by atoms with E-state index in [-0.39, 0.29) is 6.42 Å². The zero-order valence-electron chi connectivity index (χ0n) is 10.7. The standard InChI is InChI=1S/C13H18FNO4/c1-2-3-4-19-13(18)9(15)5-8-6-10(16)12(14)11(17)7-8/h6-7,9,16-17H,2-5,15H2,1H3/t9-/m0/s1. The molecule has 1 atom stereocenters. The molecule has 0 bridgehead atoms. The van der Waals surface area contributed by atoms with Crippen molar-refractivity contribution in [1.82, 2.24) is 0 Å². The van der Waals surface area contributed by atoms with Gasteiger partial charge in [0.25, 0.3) is 0 Å². The van der Waals surface area contributed by atoms with Crippen molar-refractivity contribution in [2.75, 3.05) is 6.61 Å². The Bertz CT molecular complexity index is 427. The lowest BCUT2D eigenvalue weighted by Crippen LogP contribution is -2.34. The van der Waals surface area contributed by atoms with Gasteiger partial charge in [-0.3, -0.25) is 4.79 Å². The third-order valence-electron chi connectivity index (χ3n) is 2.59. The number of carbonyl (C=O) groups is 1. The number of esters is 1. The van der Waals surface area contributed by atoms with Gasteiger partial charge in [-0.2, -0.15) is 4.39 Å². The van der Waals surface area contributed by atoms with Crippen molar-refractivity contribution in [2.24, 2.45) is 5.73 Å².